The average Bonchev–Trinajstić information content (AvgIpc) is 2.98. The van der Waals surface area contributed by atoms with E-state index in [-0.39, 0.29) is 24.1 Å². The lowest BCUT2D eigenvalue weighted by atomic mass is 10.0. The Kier molecular flexibility index (Phi) is 3.65. The third-order valence-electron chi connectivity index (χ3n) is 6.06. The van der Waals surface area contributed by atoms with E-state index in [0.717, 1.165) is 36.6 Å². The zero-order chi connectivity index (χ0) is 18.7. The Bertz CT molecular complexity index is 854. The highest BCUT2D eigenvalue weighted by molar-refractivity contribution is 6.06. The molecule has 2 saturated heterocycles. The number of benzene rings is 1. The van der Waals surface area contributed by atoms with Gasteiger partial charge in [-0.05, 0) is 25.6 Å². The number of likely N-dealkylation sites (N-methyl/N-ethyl adjacent to an activating group) is 1. The first-order valence-electron chi connectivity index (χ1n) is 9.41. The second-order valence-corrected chi connectivity index (χ2v) is 7.76. The zero-order valence-electron chi connectivity index (χ0n) is 15.2. The molecule has 27 heavy (non-hydrogen) atoms. The molecule has 3 amide bonds. The molecule has 0 aromatic heterocycles. The summed E-state index contributed by atoms with van der Waals surface area (Å²) in [6, 6.07) is 3.54. The number of amides is 3. The number of piperidine rings is 1. The van der Waals surface area contributed by atoms with Crippen molar-refractivity contribution >= 4 is 23.4 Å². The van der Waals surface area contributed by atoms with Crippen LogP contribution < -0.4 is 15.0 Å². The van der Waals surface area contributed by atoms with E-state index in [4.69, 9.17) is 4.74 Å². The lowest BCUT2D eigenvalue weighted by molar-refractivity contribution is -0.136. The maximum atomic E-state index is 12.9. The SMILES string of the molecule is CN1CCN2c3ccc4c(c3OCC2C1)CN([C@@H]1CCC(=O)NC1=O)C4=O. The summed E-state index contributed by atoms with van der Waals surface area (Å²) in [5.74, 6) is -0.0496. The topological polar surface area (TPSA) is 82.2 Å². The molecular weight excluding hydrogens is 348 g/mol. The van der Waals surface area contributed by atoms with Crippen molar-refractivity contribution in [1.82, 2.24) is 15.1 Å². The highest BCUT2D eigenvalue weighted by Gasteiger charge is 2.42. The highest BCUT2D eigenvalue weighted by Crippen LogP contribution is 2.43. The number of nitrogens with one attached hydrogen (secondary N) is 1. The molecule has 4 aliphatic rings. The van der Waals surface area contributed by atoms with Crippen LogP contribution in [0.25, 0.3) is 0 Å². The van der Waals surface area contributed by atoms with Crippen molar-refractivity contribution in [2.45, 2.75) is 31.5 Å². The molecule has 1 unspecified atom stereocenters. The summed E-state index contributed by atoms with van der Waals surface area (Å²) in [5, 5.41) is 2.34. The molecule has 0 radical (unpaired) electrons. The second kappa shape index (κ2) is 5.95. The van der Waals surface area contributed by atoms with E-state index in [1.54, 1.807) is 4.90 Å². The third kappa shape index (κ3) is 2.50. The molecule has 1 aromatic rings. The van der Waals surface area contributed by atoms with Gasteiger partial charge in [-0.3, -0.25) is 19.7 Å². The number of carbonyl (C=O) groups excluding carboxylic acids is 3. The molecule has 1 N–H and O–H groups in total. The number of carbonyl (C=O) groups is 3. The van der Waals surface area contributed by atoms with Gasteiger partial charge in [0.15, 0.2) is 0 Å². The van der Waals surface area contributed by atoms with Crippen molar-refractivity contribution in [2.75, 3.05) is 38.2 Å². The van der Waals surface area contributed by atoms with E-state index in [0.29, 0.717) is 31.2 Å². The van der Waals surface area contributed by atoms with Gasteiger partial charge in [-0.1, -0.05) is 0 Å². The first-order valence-corrected chi connectivity index (χ1v) is 9.41. The molecule has 0 spiro atoms. The number of hydrogen-bond donors (Lipinski definition) is 1. The van der Waals surface area contributed by atoms with Crippen LogP contribution >= 0.6 is 0 Å². The van der Waals surface area contributed by atoms with E-state index in [9.17, 15) is 14.4 Å². The smallest absolute Gasteiger partial charge is 0.255 e. The fourth-order valence-corrected chi connectivity index (χ4v) is 4.64. The molecule has 0 bridgehead atoms. The Balaban J connectivity index is 1.46. The Labute approximate surface area is 157 Å². The summed E-state index contributed by atoms with van der Waals surface area (Å²) in [4.78, 5) is 42.8. The molecule has 4 heterocycles. The summed E-state index contributed by atoms with van der Waals surface area (Å²) >= 11 is 0. The van der Waals surface area contributed by atoms with Crippen LogP contribution in [0.15, 0.2) is 12.1 Å². The van der Waals surface area contributed by atoms with Gasteiger partial charge >= 0.3 is 0 Å². The van der Waals surface area contributed by atoms with Crippen LogP contribution in [0.1, 0.15) is 28.8 Å². The quantitative estimate of drug-likeness (QED) is 0.699. The van der Waals surface area contributed by atoms with E-state index in [1.165, 1.54) is 0 Å². The van der Waals surface area contributed by atoms with Crippen LogP contribution in [0.4, 0.5) is 5.69 Å². The van der Waals surface area contributed by atoms with Crippen molar-refractivity contribution in [3.63, 3.8) is 0 Å². The lowest BCUT2D eigenvalue weighted by Gasteiger charge is -2.45. The number of imide groups is 1. The number of ether oxygens (including phenoxy) is 1. The summed E-state index contributed by atoms with van der Waals surface area (Å²) in [6.45, 7) is 3.83. The standard InChI is InChI=1S/C19H22N4O4/c1-21-6-7-22-11(8-21)10-27-17-13-9-23(15-4-5-16(24)20-18(15)25)19(26)12(13)2-3-14(17)22/h2-3,11,15H,4-10H2,1H3,(H,20,24,25)/t11?,15-/m1/s1. The molecule has 1 aromatic carbocycles. The summed E-state index contributed by atoms with van der Waals surface area (Å²) in [6.07, 6.45) is 0.627. The molecule has 142 valence electrons. The molecule has 4 aliphatic heterocycles. The van der Waals surface area contributed by atoms with E-state index in [2.05, 4.69) is 22.2 Å². The Hall–Kier alpha value is -2.61. The van der Waals surface area contributed by atoms with Gasteiger partial charge in [0.25, 0.3) is 5.91 Å². The Morgan fingerprint density at radius 2 is 2.00 bits per heavy atom. The maximum Gasteiger partial charge on any atom is 0.255 e. The van der Waals surface area contributed by atoms with Crippen molar-refractivity contribution in [3.05, 3.63) is 23.3 Å². The number of rotatable bonds is 1. The van der Waals surface area contributed by atoms with Gasteiger partial charge in [0.1, 0.15) is 18.4 Å². The van der Waals surface area contributed by atoms with E-state index in [1.807, 2.05) is 12.1 Å². The predicted molar refractivity (Wildman–Crippen MR) is 96.6 cm³/mol. The molecular formula is C19H22N4O4. The minimum absolute atomic E-state index is 0.161. The van der Waals surface area contributed by atoms with Crippen molar-refractivity contribution < 1.29 is 19.1 Å². The summed E-state index contributed by atoms with van der Waals surface area (Å²) in [5.41, 5.74) is 2.50. The molecule has 8 heteroatoms. The number of anilines is 1. The molecule has 5 rings (SSSR count). The number of hydrogen-bond acceptors (Lipinski definition) is 6. The monoisotopic (exact) mass is 370 g/mol. The predicted octanol–water partition coefficient (Wildman–Crippen LogP) is -0.0396. The average molecular weight is 370 g/mol. The molecule has 8 nitrogen and oxygen atoms in total. The molecule has 2 fully saturated rings. The van der Waals surface area contributed by atoms with Crippen LogP contribution in [0.3, 0.4) is 0 Å². The maximum absolute atomic E-state index is 12.9. The van der Waals surface area contributed by atoms with Gasteiger partial charge in [-0.15, -0.1) is 0 Å². The second-order valence-electron chi connectivity index (χ2n) is 7.76. The van der Waals surface area contributed by atoms with Crippen molar-refractivity contribution in [2.24, 2.45) is 0 Å². The largest absolute Gasteiger partial charge is 0.489 e. The fraction of sp³-hybridized carbons (Fsp3) is 0.526. The van der Waals surface area contributed by atoms with Crippen LogP contribution in [0, 0.1) is 0 Å². The Morgan fingerprint density at radius 1 is 1.15 bits per heavy atom. The number of piperazine rings is 1. The fourth-order valence-electron chi connectivity index (χ4n) is 4.64. The van der Waals surface area contributed by atoms with Crippen LogP contribution in [0.2, 0.25) is 0 Å². The van der Waals surface area contributed by atoms with Crippen LogP contribution in [-0.4, -0.2) is 72.9 Å². The van der Waals surface area contributed by atoms with Gasteiger partial charge in [-0.25, -0.2) is 0 Å². The highest BCUT2D eigenvalue weighted by atomic mass is 16.5. The van der Waals surface area contributed by atoms with Gasteiger partial charge in [-0.2, -0.15) is 0 Å². The van der Waals surface area contributed by atoms with Gasteiger partial charge in [0.05, 0.1) is 18.3 Å². The molecule has 0 saturated carbocycles. The van der Waals surface area contributed by atoms with Crippen molar-refractivity contribution in [3.8, 4) is 5.75 Å². The van der Waals surface area contributed by atoms with E-state index >= 15 is 0 Å². The van der Waals surface area contributed by atoms with Crippen LogP contribution in [-0.2, 0) is 16.1 Å². The molecule has 2 atom stereocenters. The first kappa shape index (κ1) is 16.6. The van der Waals surface area contributed by atoms with Gasteiger partial charge in [0.2, 0.25) is 11.8 Å². The van der Waals surface area contributed by atoms with Gasteiger partial charge < -0.3 is 19.4 Å². The number of fused-ring (bicyclic) bond motifs is 5. The Morgan fingerprint density at radius 3 is 2.81 bits per heavy atom. The molecule has 0 aliphatic carbocycles. The summed E-state index contributed by atoms with van der Waals surface area (Å²) < 4.78 is 6.11. The number of nitrogens with zero attached hydrogens (tertiary/aromatic N) is 3. The summed E-state index contributed by atoms with van der Waals surface area (Å²) in [7, 11) is 2.12. The minimum Gasteiger partial charge on any atom is -0.489 e. The minimum atomic E-state index is -0.599. The van der Waals surface area contributed by atoms with Gasteiger partial charge in [0, 0.05) is 37.2 Å². The first-order chi connectivity index (χ1) is 13.0. The zero-order valence-corrected chi connectivity index (χ0v) is 15.2. The lowest BCUT2D eigenvalue weighted by Crippen LogP contribution is -2.56. The van der Waals surface area contributed by atoms with Crippen molar-refractivity contribution in [1.29, 1.82) is 0 Å². The third-order valence-corrected chi connectivity index (χ3v) is 6.06. The van der Waals surface area contributed by atoms with Crippen LogP contribution in [0.5, 0.6) is 5.75 Å². The van der Waals surface area contributed by atoms with E-state index < -0.39 is 6.04 Å². The normalized spacial score (nSPS) is 27.7.